The summed E-state index contributed by atoms with van der Waals surface area (Å²) in [5.41, 5.74) is 2.09. The smallest absolute Gasteiger partial charge is 0.247 e. The molecule has 3 atom stereocenters. The van der Waals surface area contributed by atoms with Gasteiger partial charge >= 0.3 is 0 Å². The van der Waals surface area contributed by atoms with Gasteiger partial charge in [0.2, 0.25) is 12.3 Å². The van der Waals surface area contributed by atoms with Gasteiger partial charge in [0.1, 0.15) is 0 Å². The molecule has 2 aromatic rings. The first-order valence-corrected chi connectivity index (χ1v) is 7.35. The minimum atomic E-state index is 0.569. The molecule has 0 aliphatic heterocycles. The first-order valence-electron chi connectivity index (χ1n) is 7.35. The summed E-state index contributed by atoms with van der Waals surface area (Å²) in [5.74, 6) is 2.21. The summed E-state index contributed by atoms with van der Waals surface area (Å²) in [6.07, 6.45) is 5.16. The monoisotopic (exact) mass is 271 g/mol. The highest BCUT2D eigenvalue weighted by Gasteiger charge is 2.24. The summed E-state index contributed by atoms with van der Waals surface area (Å²) in [6.45, 7) is 4.71. The molecule has 20 heavy (non-hydrogen) atoms. The number of anilines is 1. The van der Waals surface area contributed by atoms with E-state index in [0.717, 1.165) is 23.1 Å². The summed E-state index contributed by atoms with van der Waals surface area (Å²) in [7, 11) is 0. The molecule has 1 saturated carbocycles. The van der Waals surface area contributed by atoms with Gasteiger partial charge in [-0.05, 0) is 49.3 Å². The van der Waals surface area contributed by atoms with Gasteiger partial charge in [-0.25, -0.2) is 0 Å². The van der Waals surface area contributed by atoms with Crippen molar-refractivity contribution in [3.05, 3.63) is 30.7 Å². The average molecular weight is 271 g/mol. The maximum absolute atomic E-state index is 5.25. The Labute approximate surface area is 119 Å². The Morgan fingerprint density at radius 1 is 1.20 bits per heavy atom. The normalized spacial score (nSPS) is 26.4. The molecule has 0 amide bonds. The highest BCUT2D eigenvalue weighted by atomic mass is 16.4. The second-order valence-electron chi connectivity index (χ2n) is 5.93. The SMILES string of the molecule is CC1CCC(Nc2cccc(-c3nnco3)c2)CC1C. The lowest BCUT2D eigenvalue weighted by molar-refractivity contribution is 0.261. The van der Waals surface area contributed by atoms with Gasteiger partial charge in [0.15, 0.2) is 0 Å². The molecule has 0 spiro atoms. The summed E-state index contributed by atoms with van der Waals surface area (Å²) in [5, 5.41) is 11.3. The lowest BCUT2D eigenvalue weighted by Gasteiger charge is -2.33. The zero-order valence-corrected chi connectivity index (χ0v) is 12.0. The van der Waals surface area contributed by atoms with Crippen LogP contribution in [0.2, 0.25) is 0 Å². The van der Waals surface area contributed by atoms with Crippen molar-refractivity contribution >= 4 is 5.69 Å². The van der Waals surface area contributed by atoms with Crippen molar-refractivity contribution in [3.8, 4) is 11.5 Å². The number of nitrogens with one attached hydrogen (secondary N) is 1. The summed E-state index contributed by atoms with van der Waals surface area (Å²) in [6, 6.07) is 8.76. The number of aromatic nitrogens is 2. The van der Waals surface area contributed by atoms with E-state index in [2.05, 4.69) is 41.5 Å². The number of benzene rings is 1. The number of hydrogen-bond acceptors (Lipinski definition) is 4. The van der Waals surface area contributed by atoms with Crippen LogP contribution in [0.4, 0.5) is 5.69 Å². The maximum atomic E-state index is 5.25. The summed E-state index contributed by atoms with van der Waals surface area (Å²) in [4.78, 5) is 0. The number of hydrogen-bond donors (Lipinski definition) is 1. The topological polar surface area (TPSA) is 51.0 Å². The minimum Gasteiger partial charge on any atom is -0.423 e. The molecule has 0 bridgehead atoms. The molecule has 1 aliphatic carbocycles. The van der Waals surface area contributed by atoms with Crippen molar-refractivity contribution in [2.24, 2.45) is 11.8 Å². The zero-order valence-electron chi connectivity index (χ0n) is 12.0. The standard InChI is InChI=1S/C16H21N3O/c1-11-6-7-15(8-12(11)2)18-14-5-3-4-13(9-14)16-19-17-10-20-16/h3-5,9-12,15,18H,6-8H2,1-2H3. The summed E-state index contributed by atoms with van der Waals surface area (Å²) >= 11 is 0. The van der Waals surface area contributed by atoms with E-state index < -0.39 is 0 Å². The van der Waals surface area contributed by atoms with E-state index in [1.807, 2.05) is 12.1 Å². The average Bonchev–Trinajstić information content (AvgIpc) is 2.97. The van der Waals surface area contributed by atoms with Gasteiger partial charge in [0, 0.05) is 17.3 Å². The highest BCUT2D eigenvalue weighted by Crippen LogP contribution is 2.31. The fourth-order valence-corrected chi connectivity index (χ4v) is 2.96. The van der Waals surface area contributed by atoms with Gasteiger partial charge in [0.25, 0.3) is 0 Å². The molecule has 1 N–H and O–H groups in total. The van der Waals surface area contributed by atoms with Gasteiger partial charge in [-0.15, -0.1) is 10.2 Å². The largest absolute Gasteiger partial charge is 0.423 e. The molecule has 106 valence electrons. The van der Waals surface area contributed by atoms with E-state index in [1.54, 1.807) is 0 Å². The Balaban J connectivity index is 1.70. The predicted octanol–water partition coefficient (Wildman–Crippen LogP) is 3.97. The maximum Gasteiger partial charge on any atom is 0.247 e. The molecule has 0 saturated heterocycles. The molecule has 3 rings (SSSR count). The lowest BCUT2D eigenvalue weighted by Crippen LogP contribution is -2.30. The van der Waals surface area contributed by atoms with Crippen LogP contribution in [0.3, 0.4) is 0 Å². The first-order chi connectivity index (χ1) is 9.72. The van der Waals surface area contributed by atoms with E-state index in [-0.39, 0.29) is 0 Å². The molecule has 0 radical (unpaired) electrons. The molecular weight excluding hydrogens is 250 g/mol. The van der Waals surface area contributed by atoms with Crippen LogP contribution in [0, 0.1) is 11.8 Å². The van der Waals surface area contributed by atoms with E-state index in [9.17, 15) is 0 Å². The molecule has 1 aromatic carbocycles. The molecular formula is C16H21N3O. The highest BCUT2D eigenvalue weighted by molar-refractivity contribution is 5.61. The molecule has 4 heteroatoms. The Hall–Kier alpha value is -1.84. The van der Waals surface area contributed by atoms with Gasteiger partial charge in [-0.3, -0.25) is 0 Å². The van der Waals surface area contributed by atoms with Crippen LogP contribution in [-0.2, 0) is 0 Å². The van der Waals surface area contributed by atoms with Crippen LogP contribution in [0.25, 0.3) is 11.5 Å². The number of rotatable bonds is 3. The number of nitrogens with zero attached hydrogens (tertiary/aromatic N) is 2. The third-order valence-electron chi connectivity index (χ3n) is 4.44. The van der Waals surface area contributed by atoms with Gasteiger partial charge in [-0.1, -0.05) is 19.9 Å². The fourth-order valence-electron chi connectivity index (χ4n) is 2.96. The van der Waals surface area contributed by atoms with Crippen LogP contribution in [0.5, 0.6) is 0 Å². The van der Waals surface area contributed by atoms with Crippen LogP contribution < -0.4 is 5.32 Å². The first kappa shape index (κ1) is 13.2. The van der Waals surface area contributed by atoms with Crippen LogP contribution in [-0.4, -0.2) is 16.2 Å². The molecule has 1 heterocycles. The van der Waals surface area contributed by atoms with Crippen LogP contribution in [0.15, 0.2) is 35.1 Å². The third-order valence-corrected chi connectivity index (χ3v) is 4.44. The second-order valence-corrected chi connectivity index (χ2v) is 5.93. The summed E-state index contributed by atoms with van der Waals surface area (Å²) < 4.78 is 5.25. The Morgan fingerprint density at radius 2 is 2.10 bits per heavy atom. The van der Waals surface area contributed by atoms with Crippen molar-refractivity contribution in [1.82, 2.24) is 10.2 Å². The van der Waals surface area contributed by atoms with Crippen molar-refractivity contribution in [2.75, 3.05) is 5.32 Å². The zero-order chi connectivity index (χ0) is 13.9. The molecule has 4 nitrogen and oxygen atoms in total. The Kier molecular flexibility index (Phi) is 3.72. The molecule has 3 unspecified atom stereocenters. The van der Waals surface area contributed by atoms with E-state index in [4.69, 9.17) is 4.42 Å². The van der Waals surface area contributed by atoms with E-state index in [0.29, 0.717) is 11.9 Å². The van der Waals surface area contributed by atoms with Gasteiger partial charge < -0.3 is 9.73 Å². The van der Waals surface area contributed by atoms with Crippen molar-refractivity contribution in [3.63, 3.8) is 0 Å². The van der Waals surface area contributed by atoms with Crippen molar-refractivity contribution < 1.29 is 4.42 Å². The van der Waals surface area contributed by atoms with Crippen molar-refractivity contribution in [1.29, 1.82) is 0 Å². The molecule has 1 aromatic heterocycles. The third kappa shape index (κ3) is 2.84. The second kappa shape index (κ2) is 5.65. The van der Waals surface area contributed by atoms with Gasteiger partial charge in [-0.2, -0.15) is 0 Å². The van der Waals surface area contributed by atoms with E-state index in [1.165, 1.54) is 25.7 Å². The minimum absolute atomic E-state index is 0.569. The molecule has 1 fully saturated rings. The lowest BCUT2D eigenvalue weighted by atomic mass is 9.79. The van der Waals surface area contributed by atoms with Crippen LogP contribution in [0.1, 0.15) is 33.1 Å². The van der Waals surface area contributed by atoms with Crippen molar-refractivity contribution in [2.45, 2.75) is 39.2 Å². The van der Waals surface area contributed by atoms with Gasteiger partial charge in [0.05, 0.1) is 0 Å². The predicted molar refractivity (Wildman–Crippen MR) is 79.3 cm³/mol. The van der Waals surface area contributed by atoms with Crippen LogP contribution >= 0.6 is 0 Å². The Bertz CT molecular complexity index is 553. The quantitative estimate of drug-likeness (QED) is 0.917. The Morgan fingerprint density at radius 3 is 2.85 bits per heavy atom. The van der Waals surface area contributed by atoms with E-state index >= 15 is 0 Å². The fraction of sp³-hybridized carbons (Fsp3) is 0.500. The molecule has 1 aliphatic rings.